The van der Waals surface area contributed by atoms with Crippen molar-refractivity contribution in [2.75, 3.05) is 18.6 Å². The molecule has 6 nitrogen and oxygen atoms in total. The van der Waals surface area contributed by atoms with Gasteiger partial charge in [-0.15, -0.1) is 0 Å². The summed E-state index contributed by atoms with van der Waals surface area (Å²) in [5.41, 5.74) is -1.52. The Kier molecular flexibility index (Phi) is 6.34. The molecule has 1 fully saturated rings. The van der Waals surface area contributed by atoms with Gasteiger partial charge in [-0.3, -0.25) is 9.59 Å². The highest BCUT2D eigenvalue weighted by Crippen LogP contribution is 2.43. The van der Waals surface area contributed by atoms with E-state index in [9.17, 15) is 14.4 Å². The second-order valence-electron chi connectivity index (χ2n) is 7.18. The number of ether oxygens (including phenoxy) is 2. The number of methoxy groups -OCH3 is 1. The number of carbonyl (C=O) groups excluding carboxylic acids is 3. The molecule has 2 rings (SSSR count). The number of hydrogen-bond donors (Lipinski definition) is 1. The molecule has 0 aromatic heterocycles. The van der Waals surface area contributed by atoms with Crippen LogP contribution in [-0.2, 0) is 19.1 Å². The molecule has 2 atom stereocenters. The van der Waals surface area contributed by atoms with Crippen molar-refractivity contribution in [3.05, 3.63) is 35.9 Å². The van der Waals surface area contributed by atoms with E-state index in [2.05, 4.69) is 5.32 Å². The fourth-order valence-electron chi connectivity index (χ4n) is 2.98. The minimum atomic E-state index is -1.48. The van der Waals surface area contributed by atoms with Crippen LogP contribution in [0.3, 0.4) is 0 Å². The molecule has 1 aromatic rings. The lowest BCUT2D eigenvalue weighted by atomic mass is 9.73. The van der Waals surface area contributed by atoms with Crippen LogP contribution in [0.25, 0.3) is 0 Å². The molecular weight excluding hydrogens is 354 g/mol. The molecule has 1 N–H and O–H groups in total. The number of benzene rings is 1. The van der Waals surface area contributed by atoms with Gasteiger partial charge in [0.1, 0.15) is 5.60 Å². The Labute approximate surface area is 158 Å². The van der Waals surface area contributed by atoms with Gasteiger partial charge in [0.15, 0.2) is 11.2 Å². The zero-order chi connectivity index (χ0) is 19.4. The molecule has 0 spiro atoms. The van der Waals surface area contributed by atoms with Crippen LogP contribution in [0.4, 0.5) is 4.79 Å². The van der Waals surface area contributed by atoms with Gasteiger partial charge >= 0.3 is 12.1 Å². The molecule has 0 aliphatic carbocycles. The van der Waals surface area contributed by atoms with E-state index in [1.165, 1.54) is 18.9 Å². The number of ketones is 1. The van der Waals surface area contributed by atoms with E-state index in [4.69, 9.17) is 9.47 Å². The van der Waals surface area contributed by atoms with E-state index in [-0.39, 0.29) is 18.0 Å². The van der Waals surface area contributed by atoms with Gasteiger partial charge in [0.2, 0.25) is 0 Å². The van der Waals surface area contributed by atoms with Crippen molar-refractivity contribution in [3.8, 4) is 0 Å². The number of amides is 1. The number of rotatable bonds is 4. The third-order valence-corrected chi connectivity index (χ3v) is 5.29. The Bertz CT molecular complexity index is 660. The number of thioether (sulfide) groups is 1. The minimum absolute atomic E-state index is 0.229. The summed E-state index contributed by atoms with van der Waals surface area (Å²) in [5.74, 6) is 0.0203. The van der Waals surface area contributed by atoms with Crippen LogP contribution in [0.2, 0.25) is 0 Å². The highest BCUT2D eigenvalue weighted by Gasteiger charge is 2.55. The van der Waals surface area contributed by atoms with Gasteiger partial charge in [-0.1, -0.05) is 30.3 Å². The fourth-order valence-corrected chi connectivity index (χ4v) is 4.22. The van der Waals surface area contributed by atoms with Crippen molar-refractivity contribution in [1.82, 2.24) is 5.32 Å². The van der Waals surface area contributed by atoms with Gasteiger partial charge < -0.3 is 14.8 Å². The lowest BCUT2D eigenvalue weighted by Gasteiger charge is -2.39. The summed E-state index contributed by atoms with van der Waals surface area (Å²) in [6.07, 6.45) is -0.433. The molecule has 142 valence electrons. The van der Waals surface area contributed by atoms with Crippen LogP contribution in [0, 0.1) is 5.41 Å². The molecule has 26 heavy (non-hydrogen) atoms. The van der Waals surface area contributed by atoms with Crippen LogP contribution in [-0.4, -0.2) is 42.1 Å². The lowest BCUT2D eigenvalue weighted by Crippen LogP contribution is -2.55. The number of hydrogen-bond acceptors (Lipinski definition) is 6. The largest absolute Gasteiger partial charge is 0.468 e. The zero-order valence-electron chi connectivity index (χ0n) is 15.5. The first-order chi connectivity index (χ1) is 12.2. The molecule has 0 bridgehead atoms. The third-order valence-electron chi connectivity index (χ3n) is 4.14. The van der Waals surface area contributed by atoms with E-state index in [0.717, 1.165) is 0 Å². The molecule has 0 saturated carbocycles. The van der Waals surface area contributed by atoms with Crippen molar-refractivity contribution < 1.29 is 23.9 Å². The van der Waals surface area contributed by atoms with Crippen LogP contribution in [0.5, 0.6) is 0 Å². The maximum atomic E-state index is 12.9. The maximum absolute atomic E-state index is 12.9. The normalized spacial score (nSPS) is 21.6. The topological polar surface area (TPSA) is 81.7 Å². The predicted octanol–water partition coefficient (Wildman–Crippen LogP) is 3.12. The van der Waals surface area contributed by atoms with Crippen LogP contribution in [0.1, 0.15) is 38.8 Å². The summed E-state index contributed by atoms with van der Waals surface area (Å²) < 4.78 is 10.3. The van der Waals surface area contributed by atoms with E-state index >= 15 is 0 Å². The van der Waals surface area contributed by atoms with E-state index in [0.29, 0.717) is 11.3 Å². The van der Waals surface area contributed by atoms with Gasteiger partial charge in [0.05, 0.1) is 13.2 Å². The van der Waals surface area contributed by atoms with E-state index in [1.807, 2.05) is 6.07 Å². The van der Waals surface area contributed by atoms with Crippen molar-refractivity contribution in [3.63, 3.8) is 0 Å². The first-order valence-electron chi connectivity index (χ1n) is 8.44. The van der Waals surface area contributed by atoms with Crippen LogP contribution in [0.15, 0.2) is 30.3 Å². The highest BCUT2D eigenvalue weighted by atomic mass is 32.2. The molecule has 1 aromatic carbocycles. The Morgan fingerprint density at radius 3 is 2.42 bits per heavy atom. The van der Waals surface area contributed by atoms with E-state index < -0.39 is 29.1 Å². The Morgan fingerprint density at radius 1 is 1.23 bits per heavy atom. The Balaban J connectivity index is 2.48. The molecule has 0 unspecified atom stereocenters. The van der Waals surface area contributed by atoms with Crippen molar-refractivity contribution >= 4 is 29.6 Å². The molecule has 7 heteroatoms. The number of nitrogens with one attached hydrogen (secondary N) is 1. The molecule has 1 saturated heterocycles. The maximum Gasteiger partial charge on any atom is 0.408 e. The Morgan fingerprint density at radius 2 is 1.88 bits per heavy atom. The van der Waals surface area contributed by atoms with Gasteiger partial charge in [0.25, 0.3) is 0 Å². The average molecular weight is 379 g/mol. The second kappa shape index (κ2) is 8.12. The molecule has 1 amide bonds. The minimum Gasteiger partial charge on any atom is -0.468 e. The van der Waals surface area contributed by atoms with Crippen LogP contribution < -0.4 is 5.32 Å². The summed E-state index contributed by atoms with van der Waals surface area (Å²) in [6.45, 7) is 5.26. The first-order valence-corrected chi connectivity index (χ1v) is 9.60. The highest BCUT2D eigenvalue weighted by molar-refractivity contribution is 7.99. The molecule has 1 aliphatic rings. The van der Waals surface area contributed by atoms with Crippen LogP contribution >= 0.6 is 11.8 Å². The Hall–Kier alpha value is -2.02. The standard InChI is InChI=1S/C19H25NO5S/c1-18(2,3)25-17(23)20-15(13-8-6-5-7-9-13)19(16(22)24-4)12-26-11-10-14(19)21/h5-9,15H,10-12H2,1-4H3,(H,20,23)/t15-,19-/m1/s1. The molecule has 1 aliphatic heterocycles. The van der Waals surface area contributed by atoms with E-state index in [1.54, 1.807) is 45.0 Å². The third kappa shape index (κ3) is 4.38. The number of Topliss-reactive ketones (excluding diaryl/α,β-unsaturated/α-hetero) is 1. The van der Waals surface area contributed by atoms with Crippen molar-refractivity contribution in [2.24, 2.45) is 5.41 Å². The predicted molar refractivity (Wildman–Crippen MR) is 100.0 cm³/mol. The number of carbonyl (C=O) groups is 3. The number of esters is 1. The van der Waals surface area contributed by atoms with Gasteiger partial charge in [-0.05, 0) is 26.3 Å². The summed E-state index contributed by atoms with van der Waals surface area (Å²) in [6, 6.07) is 8.11. The van der Waals surface area contributed by atoms with Gasteiger partial charge in [0, 0.05) is 17.9 Å². The summed E-state index contributed by atoms with van der Waals surface area (Å²) in [7, 11) is 1.26. The van der Waals surface area contributed by atoms with Crippen molar-refractivity contribution in [2.45, 2.75) is 38.8 Å². The monoisotopic (exact) mass is 379 g/mol. The molecule has 1 heterocycles. The lowest BCUT2D eigenvalue weighted by molar-refractivity contribution is -0.158. The smallest absolute Gasteiger partial charge is 0.408 e. The second-order valence-corrected chi connectivity index (χ2v) is 8.28. The first kappa shape index (κ1) is 20.3. The SMILES string of the molecule is COC(=O)[C@]1([C@H](NC(=O)OC(C)(C)C)c2ccccc2)CSCCC1=O. The van der Waals surface area contributed by atoms with Gasteiger partial charge in [-0.25, -0.2) is 4.79 Å². The summed E-state index contributed by atoms with van der Waals surface area (Å²) in [5, 5.41) is 2.75. The fraction of sp³-hybridized carbons (Fsp3) is 0.526. The quantitative estimate of drug-likeness (QED) is 0.639. The summed E-state index contributed by atoms with van der Waals surface area (Å²) >= 11 is 1.50. The van der Waals surface area contributed by atoms with Gasteiger partial charge in [-0.2, -0.15) is 11.8 Å². The molecule has 0 radical (unpaired) electrons. The number of alkyl carbamates (subject to hydrolysis) is 1. The van der Waals surface area contributed by atoms with Crippen molar-refractivity contribution in [1.29, 1.82) is 0 Å². The average Bonchev–Trinajstić information content (AvgIpc) is 2.59. The zero-order valence-corrected chi connectivity index (χ0v) is 16.4. The molecular formula is C19H25NO5S. The summed E-state index contributed by atoms with van der Waals surface area (Å²) in [4.78, 5) is 38.1.